The standard InChI is InChI=1S/C30H29N5O6S/c1-2-25(28(37)32-16-19-6-5-13-39-19)42-30-34-21-8-4-3-7-20(21)27-33-22(29(38)35(27)30)10-12-26(36)31-15-18-9-11-23-24(14-18)41-17-40-23/h3-9,11,13-14,22,25H,2,10,12,15-17H2,1H3,(H,31,36)(H,32,37)/t22-,25+/m0/s1. The molecule has 0 bridgehead atoms. The minimum absolute atomic E-state index is 0.125. The van der Waals surface area contributed by atoms with Gasteiger partial charge in [-0.05, 0) is 54.8 Å². The predicted octanol–water partition coefficient (Wildman–Crippen LogP) is 3.89. The molecule has 4 heterocycles. The SMILES string of the molecule is CC[C@@H](SC1=Nc2ccccc2C2=N[C@@H](CCC(=O)NCc3ccc4c(c3)OCO4)C(=O)N12)C(=O)NCc1ccco1. The molecular weight excluding hydrogens is 558 g/mol. The number of furan rings is 1. The van der Waals surface area contributed by atoms with E-state index in [-0.39, 0.29) is 43.9 Å². The van der Waals surface area contributed by atoms with Crippen LogP contribution in [0.1, 0.15) is 43.1 Å². The molecule has 0 saturated heterocycles. The lowest BCUT2D eigenvalue weighted by molar-refractivity contribution is -0.125. The third-order valence-electron chi connectivity index (χ3n) is 7.05. The highest BCUT2D eigenvalue weighted by molar-refractivity contribution is 8.15. The summed E-state index contributed by atoms with van der Waals surface area (Å²) in [4.78, 5) is 50.3. The summed E-state index contributed by atoms with van der Waals surface area (Å²) in [6.45, 7) is 2.70. The van der Waals surface area contributed by atoms with Gasteiger partial charge in [0.15, 0.2) is 16.7 Å². The van der Waals surface area contributed by atoms with Crippen molar-refractivity contribution in [2.24, 2.45) is 9.98 Å². The molecule has 42 heavy (non-hydrogen) atoms. The normalized spacial score (nSPS) is 17.2. The van der Waals surface area contributed by atoms with Crippen LogP contribution in [0.3, 0.4) is 0 Å². The highest BCUT2D eigenvalue weighted by Crippen LogP contribution is 2.36. The minimum Gasteiger partial charge on any atom is -0.467 e. The second kappa shape index (κ2) is 12.1. The number of hydrogen-bond acceptors (Lipinski definition) is 9. The van der Waals surface area contributed by atoms with E-state index in [1.807, 2.05) is 49.4 Å². The van der Waals surface area contributed by atoms with Crippen LogP contribution in [-0.4, -0.2) is 51.7 Å². The van der Waals surface area contributed by atoms with Crippen LogP contribution in [0.25, 0.3) is 0 Å². The van der Waals surface area contributed by atoms with Gasteiger partial charge >= 0.3 is 0 Å². The van der Waals surface area contributed by atoms with E-state index >= 15 is 0 Å². The van der Waals surface area contributed by atoms with Gasteiger partial charge in [0, 0.05) is 18.5 Å². The van der Waals surface area contributed by atoms with Crippen molar-refractivity contribution >= 4 is 46.2 Å². The zero-order chi connectivity index (χ0) is 29.1. The lowest BCUT2D eigenvalue weighted by Gasteiger charge is -2.27. The first kappa shape index (κ1) is 27.6. The number of para-hydroxylation sites is 1. The van der Waals surface area contributed by atoms with Crippen molar-refractivity contribution in [2.45, 2.75) is 50.6 Å². The van der Waals surface area contributed by atoms with Crippen molar-refractivity contribution < 1.29 is 28.3 Å². The van der Waals surface area contributed by atoms with Gasteiger partial charge in [0.05, 0.1) is 23.7 Å². The first-order chi connectivity index (χ1) is 20.5. The van der Waals surface area contributed by atoms with E-state index in [1.54, 1.807) is 18.4 Å². The number of amides is 3. The number of nitrogens with one attached hydrogen (secondary N) is 2. The van der Waals surface area contributed by atoms with Gasteiger partial charge in [-0.2, -0.15) is 0 Å². The van der Waals surface area contributed by atoms with E-state index in [0.717, 1.165) is 11.1 Å². The van der Waals surface area contributed by atoms with E-state index in [0.29, 0.717) is 46.9 Å². The van der Waals surface area contributed by atoms with Crippen LogP contribution < -0.4 is 20.1 Å². The topological polar surface area (TPSA) is 135 Å². The average molecular weight is 588 g/mol. The first-order valence-corrected chi connectivity index (χ1v) is 14.6. The Morgan fingerprint density at radius 2 is 1.93 bits per heavy atom. The maximum atomic E-state index is 13.6. The number of rotatable bonds is 10. The first-order valence-electron chi connectivity index (χ1n) is 13.7. The lowest BCUT2D eigenvalue weighted by Crippen LogP contribution is -2.43. The monoisotopic (exact) mass is 587 g/mol. The van der Waals surface area contributed by atoms with Gasteiger partial charge in [-0.15, -0.1) is 0 Å². The average Bonchev–Trinajstić information content (AvgIpc) is 3.77. The van der Waals surface area contributed by atoms with E-state index in [1.165, 1.54) is 16.7 Å². The van der Waals surface area contributed by atoms with Crippen LogP contribution in [0.2, 0.25) is 0 Å². The molecule has 216 valence electrons. The Kier molecular flexibility index (Phi) is 7.95. The molecular formula is C30H29N5O6S. The van der Waals surface area contributed by atoms with Gasteiger partial charge in [-0.1, -0.05) is 36.9 Å². The molecule has 0 aliphatic carbocycles. The van der Waals surface area contributed by atoms with Gasteiger partial charge in [0.1, 0.15) is 17.6 Å². The van der Waals surface area contributed by atoms with Gasteiger partial charge in [0.25, 0.3) is 5.91 Å². The fourth-order valence-electron chi connectivity index (χ4n) is 4.83. The largest absolute Gasteiger partial charge is 0.467 e. The van der Waals surface area contributed by atoms with Crippen LogP contribution in [0.5, 0.6) is 11.5 Å². The molecule has 11 nitrogen and oxygen atoms in total. The number of amidine groups is 2. The van der Waals surface area contributed by atoms with Crippen LogP contribution in [-0.2, 0) is 27.5 Å². The lowest BCUT2D eigenvalue weighted by atomic mass is 10.1. The van der Waals surface area contributed by atoms with Crippen molar-refractivity contribution in [2.75, 3.05) is 6.79 Å². The van der Waals surface area contributed by atoms with Crippen molar-refractivity contribution in [3.63, 3.8) is 0 Å². The molecule has 3 amide bonds. The van der Waals surface area contributed by atoms with Crippen LogP contribution in [0, 0.1) is 0 Å². The Balaban J connectivity index is 1.11. The van der Waals surface area contributed by atoms with Crippen LogP contribution in [0.15, 0.2) is 75.3 Å². The number of aliphatic imine (C=N–C) groups is 2. The summed E-state index contributed by atoms with van der Waals surface area (Å²) in [6.07, 6.45) is 2.45. The van der Waals surface area contributed by atoms with Crippen LogP contribution >= 0.6 is 11.8 Å². The predicted molar refractivity (Wildman–Crippen MR) is 157 cm³/mol. The Morgan fingerprint density at radius 3 is 2.76 bits per heavy atom. The summed E-state index contributed by atoms with van der Waals surface area (Å²) in [5, 5.41) is 5.70. The maximum Gasteiger partial charge on any atom is 0.259 e. The third-order valence-corrected chi connectivity index (χ3v) is 8.36. The number of carbonyl (C=O) groups is 3. The molecule has 12 heteroatoms. The summed E-state index contributed by atoms with van der Waals surface area (Å²) in [5.74, 6) is 1.85. The summed E-state index contributed by atoms with van der Waals surface area (Å²) in [6, 6.07) is 15.8. The molecule has 2 N–H and O–H groups in total. The Hall–Kier alpha value is -4.58. The Bertz CT molecular complexity index is 1570. The second-order valence-electron chi connectivity index (χ2n) is 9.87. The van der Waals surface area contributed by atoms with Gasteiger partial charge in [0.2, 0.25) is 18.6 Å². The van der Waals surface area contributed by atoms with Crippen molar-refractivity contribution in [3.05, 3.63) is 77.7 Å². The van der Waals surface area contributed by atoms with Crippen molar-refractivity contribution in [1.82, 2.24) is 15.5 Å². The fourth-order valence-corrected chi connectivity index (χ4v) is 5.87. The number of hydrogen-bond donors (Lipinski definition) is 2. The summed E-state index contributed by atoms with van der Waals surface area (Å²) in [5.41, 5.74) is 2.30. The highest BCUT2D eigenvalue weighted by atomic mass is 32.2. The fraction of sp³-hybridized carbons (Fsp3) is 0.300. The van der Waals surface area contributed by atoms with Gasteiger partial charge < -0.3 is 24.5 Å². The zero-order valence-electron chi connectivity index (χ0n) is 22.9. The van der Waals surface area contributed by atoms with Crippen molar-refractivity contribution in [3.8, 4) is 11.5 Å². The summed E-state index contributed by atoms with van der Waals surface area (Å²) < 4.78 is 16.0. The van der Waals surface area contributed by atoms with Gasteiger partial charge in [-0.25, -0.2) is 9.89 Å². The quantitative estimate of drug-likeness (QED) is 0.368. The van der Waals surface area contributed by atoms with Crippen molar-refractivity contribution in [1.29, 1.82) is 0 Å². The van der Waals surface area contributed by atoms with Gasteiger partial charge in [-0.3, -0.25) is 19.4 Å². The molecule has 0 saturated carbocycles. The number of benzene rings is 2. The molecule has 1 aromatic heterocycles. The van der Waals surface area contributed by atoms with E-state index in [9.17, 15) is 14.4 Å². The molecule has 3 aromatic rings. The van der Waals surface area contributed by atoms with E-state index in [2.05, 4.69) is 10.6 Å². The molecule has 3 aliphatic rings. The molecule has 0 spiro atoms. The maximum absolute atomic E-state index is 13.6. The number of carbonyl (C=O) groups excluding carboxylic acids is 3. The van der Waals surface area contributed by atoms with E-state index < -0.39 is 11.3 Å². The molecule has 2 aromatic carbocycles. The van der Waals surface area contributed by atoms with E-state index in [4.69, 9.17) is 23.9 Å². The second-order valence-corrected chi connectivity index (χ2v) is 11.0. The smallest absolute Gasteiger partial charge is 0.259 e. The van der Waals surface area contributed by atoms with Crippen LogP contribution in [0.4, 0.5) is 5.69 Å². The minimum atomic E-state index is -0.735. The third kappa shape index (κ3) is 5.75. The summed E-state index contributed by atoms with van der Waals surface area (Å²) >= 11 is 1.23. The Morgan fingerprint density at radius 1 is 1.07 bits per heavy atom. The number of nitrogens with zero attached hydrogens (tertiary/aromatic N) is 3. The zero-order valence-corrected chi connectivity index (χ0v) is 23.7. The number of fused-ring (bicyclic) bond motifs is 4. The number of ether oxygens (including phenoxy) is 2. The molecule has 6 rings (SSSR count). The molecule has 3 aliphatic heterocycles. The summed E-state index contributed by atoms with van der Waals surface area (Å²) in [7, 11) is 0. The Labute approximate surface area is 246 Å². The molecule has 2 atom stereocenters. The number of thioether (sulfide) groups is 1. The highest BCUT2D eigenvalue weighted by Gasteiger charge is 2.42. The molecule has 0 radical (unpaired) electrons. The molecule has 0 unspecified atom stereocenters. The molecule has 0 fully saturated rings.